The van der Waals surface area contributed by atoms with Crippen molar-refractivity contribution in [3.05, 3.63) is 48.5 Å². The minimum Gasteiger partial charge on any atom is -0.378 e. The Kier molecular flexibility index (Phi) is 6.09. The second-order valence-electron chi connectivity index (χ2n) is 8.46. The molecule has 0 atom stereocenters. The summed E-state index contributed by atoms with van der Waals surface area (Å²) in [6.45, 7) is 3.55. The van der Waals surface area contributed by atoms with Gasteiger partial charge in [0.25, 0.3) is 0 Å². The normalized spacial score (nSPS) is 17.1. The molecule has 0 radical (unpaired) electrons. The fourth-order valence-electron chi connectivity index (χ4n) is 4.51. The highest BCUT2D eigenvalue weighted by Crippen LogP contribution is 2.36. The van der Waals surface area contributed by atoms with Crippen molar-refractivity contribution in [3.63, 3.8) is 0 Å². The van der Waals surface area contributed by atoms with E-state index in [4.69, 9.17) is 4.74 Å². The van der Waals surface area contributed by atoms with Crippen LogP contribution in [0.15, 0.2) is 53.4 Å². The van der Waals surface area contributed by atoms with Crippen molar-refractivity contribution in [3.8, 4) is 11.3 Å². The average Bonchev–Trinajstić information content (AvgIpc) is 3.53. The number of H-pyrrole nitrogens is 1. The Morgan fingerprint density at radius 1 is 1.00 bits per heavy atom. The number of fused-ring (bicyclic) bond motifs is 1. The smallest absolute Gasteiger partial charge is 0.241 e. The molecule has 0 aliphatic carbocycles. The molecule has 2 aromatic carbocycles. The third kappa shape index (κ3) is 4.62. The third-order valence-corrected chi connectivity index (χ3v) is 7.72. The average molecular weight is 469 g/mol. The molecule has 33 heavy (non-hydrogen) atoms. The van der Waals surface area contributed by atoms with Crippen molar-refractivity contribution < 1.29 is 17.9 Å². The van der Waals surface area contributed by atoms with Crippen LogP contribution in [0.25, 0.3) is 22.2 Å². The maximum absolute atomic E-state index is 13.1. The van der Waals surface area contributed by atoms with E-state index >= 15 is 0 Å². The number of nitrogens with one attached hydrogen (secondary N) is 2. The SMILES string of the molecule is O=C(CNS(=O)(=O)c1ccc(N2CCCC2)c(-c2cc3ccccc3[nH]2)c1)N1CCOCC1. The van der Waals surface area contributed by atoms with E-state index in [9.17, 15) is 13.2 Å². The van der Waals surface area contributed by atoms with E-state index in [0.717, 1.165) is 53.8 Å². The zero-order valence-electron chi connectivity index (χ0n) is 18.4. The van der Waals surface area contributed by atoms with Crippen LogP contribution < -0.4 is 9.62 Å². The lowest BCUT2D eigenvalue weighted by Crippen LogP contribution is -2.45. The van der Waals surface area contributed by atoms with E-state index in [-0.39, 0.29) is 17.3 Å². The van der Waals surface area contributed by atoms with Gasteiger partial charge in [-0.05, 0) is 43.2 Å². The number of carbonyl (C=O) groups excluding carboxylic acids is 1. The molecule has 2 saturated heterocycles. The first kappa shape index (κ1) is 21.9. The van der Waals surface area contributed by atoms with Crippen LogP contribution in [0.3, 0.4) is 0 Å². The summed E-state index contributed by atoms with van der Waals surface area (Å²) in [5.41, 5.74) is 3.74. The Morgan fingerprint density at radius 3 is 2.52 bits per heavy atom. The van der Waals surface area contributed by atoms with Gasteiger partial charge in [-0.25, -0.2) is 13.1 Å². The lowest BCUT2D eigenvalue weighted by Gasteiger charge is -2.27. The number of aromatic amines is 1. The lowest BCUT2D eigenvalue weighted by atomic mass is 10.1. The Morgan fingerprint density at radius 2 is 1.76 bits per heavy atom. The van der Waals surface area contributed by atoms with E-state index < -0.39 is 10.0 Å². The molecule has 3 heterocycles. The van der Waals surface area contributed by atoms with Crippen molar-refractivity contribution >= 4 is 32.5 Å². The molecule has 0 bridgehead atoms. The van der Waals surface area contributed by atoms with Crippen molar-refractivity contribution in [2.75, 3.05) is 50.8 Å². The summed E-state index contributed by atoms with van der Waals surface area (Å²) in [4.78, 5) is 19.9. The predicted octanol–water partition coefficient (Wildman–Crippen LogP) is 2.57. The number of sulfonamides is 1. The molecule has 174 valence electrons. The number of amides is 1. The van der Waals surface area contributed by atoms with Crippen LogP contribution in [-0.2, 0) is 19.6 Å². The number of aromatic nitrogens is 1. The number of ether oxygens (including phenoxy) is 1. The fraction of sp³-hybridized carbons (Fsp3) is 0.375. The van der Waals surface area contributed by atoms with Crippen LogP contribution in [0.1, 0.15) is 12.8 Å². The van der Waals surface area contributed by atoms with Gasteiger partial charge in [-0.2, -0.15) is 0 Å². The van der Waals surface area contributed by atoms with E-state index in [1.807, 2.05) is 30.3 Å². The van der Waals surface area contributed by atoms with Crippen LogP contribution in [0.5, 0.6) is 0 Å². The first-order valence-electron chi connectivity index (χ1n) is 11.3. The molecule has 2 N–H and O–H groups in total. The highest BCUT2D eigenvalue weighted by molar-refractivity contribution is 7.89. The highest BCUT2D eigenvalue weighted by atomic mass is 32.2. The van der Waals surface area contributed by atoms with Gasteiger partial charge in [-0.1, -0.05) is 18.2 Å². The number of carbonyl (C=O) groups is 1. The molecule has 1 amide bonds. The summed E-state index contributed by atoms with van der Waals surface area (Å²) in [6, 6.07) is 15.3. The fourth-order valence-corrected chi connectivity index (χ4v) is 5.52. The Bertz CT molecular complexity index is 1230. The standard InChI is InChI=1S/C24H28N4O4S/c29-24(28-11-13-32-14-12-28)17-25-33(30,31)19-7-8-23(27-9-3-4-10-27)20(16-19)22-15-18-5-1-2-6-21(18)26-22/h1-2,5-8,15-16,25-26H,3-4,9-14,17H2. The van der Waals surface area contributed by atoms with Gasteiger partial charge in [-0.3, -0.25) is 4.79 Å². The van der Waals surface area contributed by atoms with Gasteiger partial charge in [0.2, 0.25) is 15.9 Å². The minimum atomic E-state index is -3.86. The van der Waals surface area contributed by atoms with Crippen LogP contribution in [0, 0.1) is 0 Å². The van der Waals surface area contributed by atoms with E-state index in [2.05, 4.69) is 20.7 Å². The molecule has 2 fully saturated rings. The molecule has 2 aliphatic heterocycles. The summed E-state index contributed by atoms with van der Waals surface area (Å²) in [5.74, 6) is -0.244. The topological polar surface area (TPSA) is 94.7 Å². The molecule has 5 rings (SSSR count). The van der Waals surface area contributed by atoms with Crippen LogP contribution in [0.2, 0.25) is 0 Å². The molecule has 0 unspecified atom stereocenters. The Balaban J connectivity index is 1.45. The number of hydrogen-bond donors (Lipinski definition) is 2. The van der Waals surface area contributed by atoms with E-state index in [1.165, 1.54) is 0 Å². The summed E-state index contributed by atoms with van der Waals surface area (Å²) in [6.07, 6.45) is 2.24. The number of nitrogens with zero attached hydrogens (tertiary/aromatic N) is 2. The largest absolute Gasteiger partial charge is 0.378 e. The number of hydrogen-bond acceptors (Lipinski definition) is 5. The lowest BCUT2D eigenvalue weighted by molar-refractivity contribution is -0.133. The van der Waals surface area contributed by atoms with Crippen molar-refractivity contribution in [2.24, 2.45) is 0 Å². The first-order chi connectivity index (χ1) is 16.0. The van der Waals surface area contributed by atoms with Crippen LogP contribution in [0.4, 0.5) is 5.69 Å². The molecular formula is C24H28N4O4S. The summed E-state index contributed by atoms with van der Waals surface area (Å²) in [5, 5.41) is 1.07. The number of para-hydroxylation sites is 1. The number of morpholine rings is 1. The second kappa shape index (κ2) is 9.17. The molecule has 3 aromatic rings. The second-order valence-corrected chi connectivity index (χ2v) is 10.2. The quantitative estimate of drug-likeness (QED) is 0.580. The van der Waals surface area contributed by atoms with Gasteiger partial charge in [0.1, 0.15) is 0 Å². The van der Waals surface area contributed by atoms with Gasteiger partial charge in [0.15, 0.2) is 0 Å². The van der Waals surface area contributed by atoms with E-state index in [0.29, 0.717) is 26.3 Å². The van der Waals surface area contributed by atoms with Gasteiger partial charge < -0.3 is 19.5 Å². The van der Waals surface area contributed by atoms with Gasteiger partial charge in [0.05, 0.1) is 24.7 Å². The van der Waals surface area contributed by atoms with Crippen LogP contribution in [-0.4, -0.2) is 70.1 Å². The number of benzene rings is 2. The first-order valence-corrected chi connectivity index (χ1v) is 12.8. The molecule has 1 aromatic heterocycles. The van der Waals surface area contributed by atoms with Gasteiger partial charge in [-0.15, -0.1) is 0 Å². The van der Waals surface area contributed by atoms with Crippen molar-refractivity contribution in [1.82, 2.24) is 14.6 Å². The summed E-state index contributed by atoms with van der Waals surface area (Å²) >= 11 is 0. The molecular weight excluding hydrogens is 440 g/mol. The van der Waals surface area contributed by atoms with Gasteiger partial charge >= 0.3 is 0 Å². The molecule has 2 aliphatic rings. The summed E-state index contributed by atoms with van der Waals surface area (Å²) in [7, 11) is -3.86. The molecule has 8 nitrogen and oxygen atoms in total. The minimum absolute atomic E-state index is 0.147. The monoisotopic (exact) mass is 468 g/mol. The van der Waals surface area contributed by atoms with Crippen molar-refractivity contribution in [2.45, 2.75) is 17.7 Å². The number of anilines is 1. The van der Waals surface area contributed by atoms with Gasteiger partial charge in [0, 0.05) is 54.0 Å². The molecule has 9 heteroatoms. The summed E-state index contributed by atoms with van der Waals surface area (Å²) < 4.78 is 33.9. The maximum atomic E-state index is 13.1. The predicted molar refractivity (Wildman–Crippen MR) is 128 cm³/mol. The van der Waals surface area contributed by atoms with Crippen LogP contribution >= 0.6 is 0 Å². The third-order valence-electron chi connectivity index (χ3n) is 6.32. The molecule has 0 saturated carbocycles. The maximum Gasteiger partial charge on any atom is 0.241 e. The Labute approximate surface area is 193 Å². The molecule has 0 spiro atoms. The Hall–Kier alpha value is -2.88. The highest BCUT2D eigenvalue weighted by Gasteiger charge is 2.24. The zero-order chi connectivity index (χ0) is 22.8. The van der Waals surface area contributed by atoms with Crippen molar-refractivity contribution in [1.29, 1.82) is 0 Å². The van der Waals surface area contributed by atoms with E-state index in [1.54, 1.807) is 17.0 Å². The zero-order valence-corrected chi connectivity index (χ0v) is 19.2. The number of rotatable bonds is 6.